The van der Waals surface area contributed by atoms with Gasteiger partial charge >= 0.3 is 6.09 Å². The first-order chi connectivity index (χ1) is 32.2. The molecule has 13 nitrogen and oxygen atoms in total. The van der Waals surface area contributed by atoms with E-state index in [-0.39, 0.29) is 56.1 Å². The summed E-state index contributed by atoms with van der Waals surface area (Å²) in [6, 6.07) is 32.2. The van der Waals surface area contributed by atoms with Crippen LogP contribution in [0, 0.1) is 17.8 Å². The number of aliphatic hydroxyl groups excluding tert-OH is 2. The number of unbranched alkanes of at least 4 members (excludes halogenated alkanes) is 2. The second kappa shape index (κ2) is 21.2. The average Bonchev–Trinajstić information content (AvgIpc) is 3.34. The number of hydrogen-bond acceptors (Lipinski definition) is 11. The van der Waals surface area contributed by atoms with Crippen molar-refractivity contribution in [1.29, 1.82) is 0 Å². The maximum absolute atomic E-state index is 15.2. The first-order valence-corrected chi connectivity index (χ1v) is 24.2. The number of hydrogen-bond donors (Lipinski definition) is 3. The molecule has 1 aliphatic heterocycles. The highest BCUT2D eigenvalue weighted by Crippen LogP contribution is 2.62. The van der Waals surface area contributed by atoms with Crippen LogP contribution in [0.2, 0.25) is 0 Å². The Kier molecular flexibility index (Phi) is 14.9. The molecule has 8 rings (SSSR count). The number of nitrogens with zero attached hydrogens (tertiary/aromatic N) is 3. The zero-order valence-corrected chi connectivity index (χ0v) is 38.0. The van der Waals surface area contributed by atoms with Crippen LogP contribution in [0.25, 0.3) is 10.9 Å². The fourth-order valence-electron chi connectivity index (χ4n) is 10.0. The lowest BCUT2D eigenvalue weighted by molar-refractivity contribution is -0.250. The van der Waals surface area contributed by atoms with E-state index in [1.165, 1.54) is 4.31 Å². The number of pyridine rings is 1. The molecule has 0 unspecified atom stereocenters. The summed E-state index contributed by atoms with van der Waals surface area (Å²) < 4.78 is 52.0. The smallest absolute Gasteiger partial charge is 0.412 e. The number of benzene rings is 4. The molecule has 0 spiro atoms. The van der Waals surface area contributed by atoms with E-state index in [1.807, 2.05) is 78.9 Å². The van der Waals surface area contributed by atoms with Crippen molar-refractivity contribution in [2.75, 3.05) is 26.9 Å². The minimum absolute atomic E-state index is 0.0287. The first-order valence-electron chi connectivity index (χ1n) is 22.7. The molecule has 1 fully saturated rings. The topological polar surface area (TPSA) is 169 Å². The quantitative estimate of drug-likeness (QED) is 0.0390. The largest absolute Gasteiger partial charge is 0.460 e. The Morgan fingerprint density at radius 2 is 1.67 bits per heavy atom. The van der Waals surface area contributed by atoms with Crippen molar-refractivity contribution in [1.82, 2.24) is 14.6 Å². The van der Waals surface area contributed by atoms with Gasteiger partial charge in [-0.1, -0.05) is 109 Å². The predicted octanol–water partition coefficient (Wildman–Crippen LogP) is 8.68. The van der Waals surface area contributed by atoms with E-state index in [4.69, 9.17) is 24.2 Å². The highest BCUT2D eigenvalue weighted by atomic mass is 32.2. The molecule has 0 saturated heterocycles. The number of amides is 1. The number of oxime groups is 1. The second-order valence-corrected chi connectivity index (χ2v) is 19.1. The number of allylic oxidation sites excluding steroid dienone is 1. The second-order valence-electron chi connectivity index (χ2n) is 17.1. The highest BCUT2D eigenvalue weighted by Gasteiger charge is 2.65. The van der Waals surface area contributed by atoms with Crippen LogP contribution in [0.4, 0.5) is 4.79 Å². The first kappa shape index (κ1) is 46.6. The molecule has 3 aliphatic rings. The van der Waals surface area contributed by atoms with Crippen molar-refractivity contribution in [3.63, 3.8) is 0 Å². The molecule has 0 bridgehead atoms. The normalized spacial score (nSPS) is 22.8. The van der Waals surface area contributed by atoms with Crippen LogP contribution in [0.3, 0.4) is 0 Å². The van der Waals surface area contributed by atoms with Crippen LogP contribution in [0.1, 0.15) is 67.6 Å². The van der Waals surface area contributed by atoms with Gasteiger partial charge in [0.05, 0.1) is 29.8 Å². The molecule has 5 aromatic rings. The number of para-hydroxylation sites is 1. The van der Waals surface area contributed by atoms with E-state index in [9.17, 15) is 15.0 Å². The standard InChI is InChI=1S/C52H58N4O9S/c1-3-30-62-52-47(56(2)66(60,61)46-24-14-21-38-22-15-27-53-50(38)46)33-44(55-63-35-37-18-8-5-9-19-37)42-31-39(20-10-12-28-57)41(23-11-13-29-58)48(49(42)52)43-32-40(25-26-45(43)65-52)64-51(59)54-34-36-16-6-4-7-17-36/h3-9,14-19,21-22,24-27,31-32,39,41,47-49,57-58H,1,10-13,20,23,28-30,33-35H2,2H3,(H,54,59)/t39-,41+,47-,48+,49+,52+/m0/s1. The molecule has 346 valence electrons. The van der Waals surface area contributed by atoms with Gasteiger partial charge in [0.1, 0.15) is 23.0 Å². The summed E-state index contributed by atoms with van der Waals surface area (Å²) in [5.41, 5.74) is 4.32. The molecule has 4 aromatic carbocycles. The molecule has 66 heavy (non-hydrogen) atoms. The third-order valence-corrected chi connectivity index (χ3v) is 15.0. The zero-order valence-electron chi connectivity index (χ0n) is 37.2. The van der Waals surface area contributed by atoms with Crippen molar-refractivity contribution < 1.29 is 42.5 Å². The van der Waals surface area contributed by atoms with Crippen LogP contribution in [0.5, 0.6) is 11.5 Å². The zero-order chi connectivity index (χ0) is 46.1. The van der Waals surface area contributed by atoms with Gasteiger partial charge in [-0.3, -0.25) is 4.98 Å². The number of aliphatic hydroxyl groups is 2. The molecular formula is C52H58N4O9S. The Hall–Kier alpha value is -5.90. The number of nitrogens with one attached hydrogen (secondary N) is 1. The van der Waals surface area contributed by atoms with E-state index in [0.717, 1.165) is 35.1 Å². The van der Waals surface area contributed by atoms with Crippen LogP contribution < -0.4 is 14.8 Å². The minimum Gasteiger partial charge on any atom is -0.460 e. The lowest BCUT2D eigenvalue weighted by Crippen LogP contribution is -2.69. The summed E-state index contributed by atoms with van der Waals surface area (Å²) in [5.74, 6) is -2.06. The van der Waals surface area contributed by atoms with Crippen molar-refractivity contribution in [3.05, 3.63) is 156 Å². The number of sulfonamides is 1. The fourth-order valence-corrected chi connectivity index (χ4v) is 11.6. The van der Waals surface area contributed by atoms with Crippen LogP contribution in [-0.2, 0) is 32.7 Å². The van der Waals surface area contributed by atoms with Gasteiger partial charge in [-0.15, -0.1) is 6.58 Å². The predicted molar refractivity (Wildman–Crippen MR) is 252 cm³/mol. The number of ether oxygens (including phenoxy) is 3. The molecular weight excluding hydrogens is 857 g/mol. The molecule has 1 aromatic heterocycles. The molecule has 14 heteroatoms. The van der Waals surface area contributed by atoms with Crippen molar-refractivity contribution in [3.8, 4) is 11.5 Å². The fraction of sp³-hybridized carbons (Fsp3) is 0.365. The number of carbonyl (C=O) groups is 1. The molecule has 2 aliphatic carbocycles. The number of fused-ring (bicyclic) bond motifs is 3. The van der Waals surface area contributed by atoms with E-state index in [1.54, 1.807) is 49.7 Å². The molecule has 1 amide bonds. The van der Waals surface area contributed by atoms with E-state index in [2.05, 4.69) is 23.0 Å². The monoisotopic (exact) mass is 914 g/mol. The van der Waals surface area contributed by atoms with E-state index in [0.29, 0.717) is 53.8 Å². The number of likely N-dealkylation sites (N-methyl/N-ethyl adjacent to an activating group) is 1. The third kappa shape index (κ3) is 9.79. The minimum atomic E-state index is -4.32. The van der Waals surface area contributed by atoms with Gasteiger partial charge in [0.15, 0.2) is 0 Å². The van der Waals surface area contributed by atoms with Gasteiger partial charge in [0.2, 0.25) is 15.8 Å². The summed E-state index contributed by atoms with van der Waals surface area (Å²) in [7, 11) is -2.76. The molecule has 2 heterocycles. The van der Waals surface area contributed by atoms with Gasteiger partial charge in [0, 0.05) is 56.3 Å². The number of rotatable bonds is 20. The summed E-state index contributed by atoms with van der Waals surface area (Å²) >= 11 is 0. The molecule has 0 radical (unpaired) electrons. The molecule has 6 atom stereocenters. The van der Waals surface area contributed by atoms with Gasteiger partial charge in [-0.05, 0) is 84.6 Å². The van der Waals surface area contributed by atoms with Crippen molar-refractivity contribution in [2.24, 2.45) is 22.9 Å². The van der Waals surface area contributed by atoms with Crippen LogP contribution in [0.15, 0.2) is 150 Å². The van der Waals surface area contributed by atoms with E-state index < -0.39 is 39.8 Å². The Morgan fingerprint density at radius 1 is 0.939 bits per heavy atom. The highest BCUT2D eigenvalue weighted by molar-refractivity contribution is 7.89. The molecule has 1 saturated carbocycles. The van der Waals surface area contributed by atoms with E-state index >= 15 is 8.42 Å². The maximum Gasteiger partial charge on any atom is 0.412 e. The lowest BCUT2D eigenvalue weighted by atomic mass is 9.55. The van der Waals surface area contributed by atoms with Crippen molar-refractivity contribution >= 4 is 32.7 Å². The lowest BCUT2D eigenvalue weighted by Gasteiger charge is -2.59. The van der Waals surface area contributed by atoms with Gasteiger partial charge in [-0.25, -0.2) is 13.2 Å². The van der Waals surface area contributed by atoms with Gasteiger partial charge < -0.3 is 34.6 Å². The van der Waals surface area contributed by atoms with Crippen LogP contribution in [-0.4, -0.2) is 78.4 Å². The third-order valence-electron chi connectivity index (χ3n) is 13.1. The van der Waals surface area contributed by atoms with Gasteiger partial charge in [0.25, 0.3) is 0 Å². The Morgan fingerprint density at radius 3 is 2.41 bits per heavy atom. The van der Waals surface area contributed by atoms with Crippen molar-refractivity contribution in [2.45, 2.75) is 80.7 Å². The molecule has 3 N–H and O–H groups in total. The SMILES string of the molecule is C=CCO[C@@]12Oc3ccc(OC(=O)NCc4ccccc4)cc3[C@H]3[C@H](CCCCO)[C@@H](CCCCO)C=C(C(=NOCc4ccccc4)C[C@@H]1N(C)S(=O)(=O)c1cccc4cccnc14)[C@H]32. The number of carbonyl (C=O) groups excluding carboxylic acids is 1. The maximum atomic E-state index is 15.2. The Bertz CT molecular complexity index is 2640. The van der Waals surface area contributed by atoms with Crippen LogP contribution >= 0.6 is 0 Å². The van der Waals surface area contributed by atoms with Gasteiger partial charge in [-0.2, -0.15) is 4.31 Å². The summed E-state index contributed by atoms with van der Waals surface area (Å²) in [4.78, 5) is 24.0. The summed E-state index contributed by atoms with van der Waals surface area (Å²) in [5, 5.41) is 28.3. The summed E-state index contributed by atoms with van der Waals surface area (Å²) in [6.07, 6.45) is 9.01. The Labute approximate surface area is 386 Å². The number of aromatic nitrogens is 1. The summed E-state index contributed by atoms with van der Waals surface area (Å²) in [6.45, 7) is 4.57. The Balaban J connectivity index is 1.30. The average molecular weight is 915 g/mol.